The Hall–Kier alpha value is -4.03. The maximum absolute atomic E-state index is 5.27. The molecule has 0 fully saturated rings. The largest absolute Gasteiger partial charge is 0.381 e. The predicted molar refractivity (Wildman–Crippen MR) is 164 cm³/mol. The molecule has 0 saturated carbocycles. The molecule has 0 amide bonds. The lowest BCUT2D eigenvalue weighted by atomic mass is 9.74. The smallest absolute Gasteiger partial charge is 0.140 e. The summed E-state index contributed by atoms with van der Waals surface area (Å²) >= 11 is 3.62. The molecule has 6 aromatic rings. The lowest BCUT2D eigenvalue weighted by Gasteiger charge is -2.30. The van der Waals surface area contributed by atoms with Crippen molar-refractivity contribution in [3.63, 3.8) is 0 Å². The number of aromatic amines is 3. The summed E-state index contributed by atoms with van der Waals surface area (Å²) < 4.78 is 1.09. The van der Waals surface area contributed by atoms with Gasteiger partial charge in [-0.15, -0.1) is 0 Å². The summed E-state index contributed by atoms with van der Waals surface area (Å²) in [7, 11) is 0. The van der Waals surface area contributed by atoms with E-state index in [1.165, 1.54) is 45.9 Å². The zero-order valence-corrected chi connectivity index (χ0v) is 23.2. The molecule has 0 saturated heterocycles. The Kier molecular flexibility index (Phi) is 5.14. The van der Waals surface area contributed by atoms with E-state index in [0.717, 1.165) is 62.6 Å². The first-order chi connectivity index (χ1) is 19.1. The zero-order valence-electron chi connectivity index (χ0n) is 21.7. The highest BCUT2D eigenvalue weighted by Crippen LogP contribution is 2.51. The minimum Gasteiger partial charge on any atom is -0.381 e. The first kappa shape index (κ1) is 22.9. The molecule has 1 unspecified atom stereocenters. The fraction of sp³-hybridized carbons (Fsp3) is 0.182. The number of anilines is 1. The van der Waals surface area contributed by atoms with Crippen molar-refractivity contribution in [1.82, 2.24) is 19.9 Å². The number of halogens is 1. The number of H-pyrrole nitrogens is 3. The van der Waals surface area contributed by atoms with Gasteiger partial charge in [0.25, 0.3) is 0 Å². The van der Waals surface area contributed by atoms with E-state index in [2.05, 4.69) is 116 Å². The number of benzene rings is 3. The number of nitrogens with one attached hydrogen (secondary N) is 4. The van der Waals surface area contributed by atoms with Crippen molar-refractivity contribution in [1.29, 1.82) is 0 Å². The van der Waals surface area contributed by atoms with Crippen LogP contribution in [-0.4, -0.2) is 19.9 Å². The Morgan fingerprint density at radius 1 is 1.00 bits per heavy atom. The van der Waals surface area contributed by atoms with Crippen LogP contribution >= 0.6 is 15.9 Å². The quantitative estimate of drug-likeness (QED) is 0.170. The van der Waals surface area contributed by atoms with E-state index < -0.39 is 0 Å². The van der Waals surface area contributed by atoms with Crippen LogP contribution in [0.2, 0.25) is 0 Å². The van der Waals surface area contributed by atoms with E-state index >= 15 is 0 Å². The number of nitrogens with zero attached hydrogens (tertiary/aromatic N) is 1. The van der Waals surface area contributed by atoms with Crippen LogP contribution in [0.1, 0.15) is 47.7 Å². The highest BCUT2D eigenvalue weighted by atomic mass is 79.9. The second-order valence-electron chi connectivity index (χ2n) is 10.8. The maximum atomic E-state index is 5.27. The number of hydrogen-bond donors (Lipinski definition) is 4. The molecule has 192 valence electrons. The predicted octanol–water partition coefficient (Wildman–Crippen LogP) is 9.05. The van der Waals surface area contributed by atoms with Gasteiger partial charge in [-0.1, -0.05) is 46.3 Å². The zero-order chi connectivity index (χ0) is 26.1. The van der Waals surface area contributed by atoms with Crippen LogP contribution in [0.5, 0.6) is 0 Å². The standard InChI is InChI=1S/C33H28BrN5/c1-18-30(25-8-4-5-9-29(25)37-18)33-38-31-24-7-3-2-6-22(24)23-12-11-21(15-27(23)32(31)39-33)35-16-19-17-36-28-13-10-20(34)14-26(19)28/h4-5,7-15,17,22,35-37H,2-3,6,16H2,1H3,(H,38,39). The van der Waals surface area contributed by atoms with Crippen LogP contribution in [0.3, 0.4) is 0 Å². The summed E-state index contributed by atoms with van der Waals surface area (Å²) in [6.45, 7) is 2.89. The van der Waals surface area contributed by atoms with Crippen molar-refractivity contribution in [3.8, 4) is 22.6 Å². The van der Waals surface area contributed by atoms with Crippen molar-refractivity contribution in [2.24, 2.45) is 0 Å². The summed E-state index contributed by atoms with van der Waals surface area (Å²) in [4.78, 5) is 16.0. The molecule has 3 heterocycles. The van der Waals surface area contributed by atoms with Gasteiger partial charge >= 0.3 is 0 Å². The molecule has 5 nitrogen and oxygen atoms in total. The summed E-state index contributed by atoms with van der Waals surface area (Å²) in [6.07, 6.45) is 8.03. The van der Waals surface area contributed by atoms with Crippen molar-refractivity contribution >= 4 is 49.0 Å². The molecule has 0 bridgehead atoms. The van der Waals surface area contributed by atoms with Gasteiger partial charge in [0, 0.05) is 67.4 Å². The van der Waals surface area contributed by atoms with Gasteiger partial charge in [0.1, 0.15) is 5.82 Å². The number of allylic oxidation sites excluding steroid dienone is 2. The molecule has 2 aliphatic rings. The lowest BCUT2D eigenvalue weighted by molar-refractivity contribution is 0.665. The van der Waals surface area contributed by atoms with Crippen LogP contribution in [0.25, 0.3) is 50.0 Å². The molecular formula is C33H28BrN5. The number of hydrogen-bond acceptors (Lipinski definition) is 2. The molecule has 1 atom stereocenters. The van der Waals surface area contributed by atoms with Crippen LogP contribution in [-0.2, 0) is 6.54 Å². The van der Waals surface area contributed by atoms with Gasteiger partial charge in [-0.05, 0) is 79.3 Å². The van der Waals surface area contributed by atoms with Crippen molar-refractivity contribution in [2.45, 2.75) is 38.6 Å². The van der Waals surface area contributed by atoms with Crippen LogP contribution in [0, 0.1) is 6.92 Å². The highest BCUT2D eigenvalue weighted by molar-refractivity contribution is 9.10. The first-order valence-corrected chi connectivity index (χ1v) is 14.4. The van der Waals surface area contributed by atoms with Gasteiger partial charge in [0.2, 0.25) is 0 Å². The van der Waals surface area contributed by atoms with E-state index in [1.54, 1.807) is 0 Å². The molecule has 8 rings (SSSR count). The second-order valence-corrected chi connectivity index (χ2v) is 11.7. The molecule has 3 aromatic heterocycles. The minimum atomic E-state index is 0.404. The maximum Gasteiger partial charge on any atom is 0.140 e. The number of para-hydroxylation sites is 1. The van der Waals surface area contributed by atoms with E-state index in [4.69, 9.17) is 4.98 Å². The second kappa shape index (κ2) is 8.75. The molecule has 4 N–H and O–H groups in total. The number of aryl methyl sites for hydroxylation is 1. The molecule has 0 spiro atoms. The fourth-order valence-electron chi connectivity index (χ4n) is 6.62. The Bertz CT molecular complexity index is 1930. The SMILES string of the molecule is Cc1[nH]c2ccccc2c1-c1nc2c([nH]1)-c1cc(NCc3c[nH]c4ccc(Br)cc34)ccc1C1CCCC=C21. The summed E-state index contributed by atoms with van der Waals surface area (Å²) in [6, 6.07) is 21.7. The normalized spacial score (nSPS) is 16.2. The Morgan fingerprint density at radius 3 is 2.87 bits per heavy atom. The average molecular weight is 575 g/mol. The van der Waals surface area contributed by atoms with Gasteiger partial charge in [-0.2, -0.15) is 0 Å². The van der Waals surface area contributed by atoms with Gasteiger partial charge < -0.3 is 20.3 Å². The van der Waals surface area contributed by atoms with Crippen LogP contribution in [0.4, 0.5) is 5.69 Å². The average Bonchev–Trinajstić information content (AvgIpc) is 3.66. The van der Waals surface area contributed by atoms with Crippen molar-refractivity contribution in [2.75, 3.05) is 5.32 Å². The molecule has 0 aliphatic heterocycles. The first-order valence-electron chi connectivity index (χ1n) is 13.7. The van der Waals surface area contributed by atoms with Gasteiger partial charge in [-0.3, -0.25) is 0 Å². The molecule has 0 radical (unpaired) electrons. The van der Waals surface area contributed by atoms with Crippen molar-refractivity contribution < 1.29 is 0 Å². The molecule has 2 aliphatic carbocycles. The third-order valence-electron chi connectivity index (χ3n) is 8.45. The Balaban J connectivity index is 1.21. The molecule has 39 heavy (non-hydrogen) atoms. The van der Waals surface area contributed by atoms with E-state index in [-0.39, 0.29) is 0 Å². The Labute approximate surface area is 234 Å². The third kappa shape index (κ3) is 3.62. The van der Waals surface area contributed by atoms with Gasteiger partial charge in [0.15, 0.2) is 0 Å². The molecule has 3 aromatic carbocycles. The van der Waals surface area contributed by atoms with E-state index in [9.17, 15) is 0 Å². The lowest BCUT2D eigenvalue weighted by Crippen LogP contribution is -2.13. The van der Waals surface area contributed by atoms with Crippen LogP contribution in [0.15, 0.2) is 77.4 Å². The van der Waals surface area contributed by atoms with Gasteiger partial charge in [0.05, 0.1) is 11.4 Å². The van der Waals surface area contributed by atoms with E-state index in [0.29, 0.717) is 5.92 Å². The summed E-state index contributed by atoms with van der Waals surface area (Å²) in [5.41, 5.74) is 13.3. The highest BCUT2D eigenvalue weighted by Gasteiger charge is 2.34. The van der Waals surface area contributed by atoms with Crippen LogP contribution < -0.4 is 5.32 Å². The minimum absolute atomic E-state index is 0.404. The number of rotatable bonds is 4. The summed E-state index contributed by atoms with van der Waals surface area (Å²) in [5.74, 6) is 1.34. The van der Waals surface area contributed by atoms with Crippen molar-refractivity contribution in [3.05, 3.63) is 99.9 Å². The molecule has 6 heteroatoms. The Morgan fingerprint density at radius 2 is 1.92 bits per heavy atom. The monoisotopic (exact) mass is 573 g/mol. The topological polar surface area (TPSA) is 72.3 Å². The number of aromatic nitrogens is 4. The fourth-order valence-corrected chi connectivity index (χ4v) is 6.98. The van der Waals surface area contributed by atoms with Gasteiger partial charge in [-0.25, -0.2) is 4.98 Å². The van der Waals surface area contributed by atoms with E-state index in [1.807, 2.05) is 0 Å². The molecular weight excluding hydrogens is 546 g/mol. The summed E-state index contributed by atoms with van der Waals surface area (Å²) in [5, 5.41) is 6.13. The third-order valence-corrected chi connectivity index (χ3v) is 8.95. The number of imidazole rings is 1. The number of fused-ring (bicyclic) bond motifs is 8.